The molecule has 0 heterocycles. The number of halogens is 2. The van der Waals surface area contributed by atoms with Crippen LogP contribution in [0.4, 0.5) is 0 Å². The van der Waals surface area contributed by atoms with Gasteiger partial charge in [0.2, 0.25) is 0 Å². The number of hydrogen-bond acceptors (Lipinski definition) is 0. The van der Waals surface area contributed by atoms with Crippen LogP contribution in [0.15, 0.2) is 0 Å². The van der Waals surface area contributed by atoms with E-state index in [9.17, 15) is 0 Å². The minimum atomic E-state index is -1.43. The summed E-state index contributed by atoms with van der Waals surface area (Å²) in [5, 5.41) is 0. The van der Waals surface area contributed by atoms with Crippen LogP contribution in [-0.2, 0) is 0 Å². The zero-order valence-electron chi connectivity index (χ0n) is 11.6. The van der Waals surface area contributed by atoms with Crippen LogP contribution in [0.3, 0.4) is 0 Å². The molecule has 0 bridgehead atoms. The van der Waals surface area contributed by atoms with Crippen molar-refractivity contribution in [1.29, 1.82) is 0 Å². The van der Waals surface area contributed by atoms with Crippen molar-refractivity contribution in [2.75, 3.05) is 0 Å². The average molecular weight is 299 g/mol. The van der Waals surface area contributed by atoms with Crippen LogP contribution in [0.5, 0.6) is 0 Å². The third-order valence-corrected chi connectivity index (χ3v) is 8.96. The maximum atomic E-state index is 6.51. The first-order valence-electron chi connectivity index (χ1n) is 6.54. The Bertz CT molecular complexity index is 182. The normalized spacial score (nSPS) is 15.2. The third-order valence-electron chi connectivity index (χ3n) is 3.29. The maximum absolute atomic E-state index is 6.51. The highest BCUT2D eigenvalue weighted by atomic mass is 35.6. The molecule has 0 aliphatic carbocycles. The predicted octanol–water partition coefficient (Wildman–Crippen LogP) is 6.21. The molecule has 0 saturated carbocycles. The Morgan fingerprint density at radius 3 is 1.88 bits per heavy atom. The van der Waals surface area contributed by atoms with Crippen LogP contribution in [0.25, 0.3) is 0 Å². The molecular formula is C12H28Cl2Si2. The van der Waals surface area contributed by atoms with Crippen molar-refractivity contribution in [3.8, 4) is 0 Å². The summed E-state index contributed by atoms with van der Waals surface area (Å²) in [6.07, 6.45) is 6.55. The summed E-state index contributed by atoms with van der Waals surface area (Å²) in [6.45, 7) is 11.3. The molecule has 0 saturated heterocycles. The van der Waals surface area contributed by atoms with E-state index in [0.29, 0.717) is 0 Å². The summed E-state index contributed by atoms with van der Waals surface area (Å²) in [6, 6.07) is 1.26. The van der Waals surface area contributed by atoms with E-state index in [2.05, 4.69) is 33.1 Å². The van der Waals surface area contributed by atoms with Crippen LogP contribution in [0.2, 0.25) is 37.8 Å². The van der Waals surface area contributed by atoms with Crippen molar-refractivity contribution < 1.29 is 0 Å². The number of rotatable bonds is 8. The minimum absolute atomic E-state index is 0.787. The lowest BCUT2D eigenvalue weighted by Gasteiger charge is -2.25. The summed E-state index contributed by atoms with van der Waals surface area (Å²) in [5.41, 5.74) is 0.787. The Hall–Kier alpha value is 1.01. The Balaban J connectivity index is 3.65. The summed E-state index contributed by atoms with van der Waals surface area (Å²) in [7, 11) is -2.75. The molecule has 0 nitrogen and oxygen atoms in total. The van der Waals surface area contributed by atoms with Gasteiger partial charge in [-0.25, -0.2) is 0 Å². The molecule has 0 aromatic heterocycles. The van der Waals surface area contributed by atoms with Crippen molar-refractivity contribution >= 4 is 36.9 Å². The quantitative estimate of drug-likeness (QED) is 0.284. The Labute approximate surface area is 114 Å². The predicted molar refractivity (Wildman–Crippen MR) is 84.0 cm³/mol. The van der Waals surface area contributed by atoms with E-state index in [1.165, 1.54) is 38.1 Å². The summed E-state index contributed by atoms with van der Waals surface area (Å²) in [5.74, 6) is 0. The van der Waals surface area contributed by atoms with Gasteiger partial charge >= 0.3 is 0 Å². The highest BCUT2D eigenvalue weighted by Crippen LogP contribution is 2.33. The van der Waals surface area contributed by atoms with Gasteiger partial charge in [0.1, 0.15) is 7.38 Å². The lowest BCUT2D eigenvalue weighted by molar-refractivity contribution is 0.613. The number of unbranched alkanes of at least 4 members (excludes halogenated alkanes) is 2. The smallest absolute Gasteiger partial charge is 0.153 e. The van der Waals surface area contributed by atoms with E-state index in [1.54, 1.807) is 0 Å². The molecular weight excluding hydrogens is 271 g/mol. The molecule has 0 aromatic rings. The molecule has 1 atom stereocenters. The van der Waals surface area contributed by atoms with Gasteiger partial charge in [-0.15, -0.1) is 0 Å². The summed E-state index contributed by atoms with van der Waals surface area (Å²) >= 11 is 12.8. The van der Waals surface area contributed by atoms with Gasteiger partial charge in [0.25, 0.3) is 0 Å². The molecule has 0 fully saturated rings. The highest BCUT2D eigenvalue weighted by molar-refractivity contribution is 7.19. The molecule has 4 heteroatoms. The van der Waals surface area contributed by atoms with Crippen molar-refractivity contribution in [3.63, 3.8) is 0 Å². The van der Waals surface area contributed by atoms with Crippen LogP contribution in [0, 0.1) is 0 Å². The van der Waals surface area contributed by atoms with Gasteiger partial charge in [-0.3, -0.25) is 0 Å². The molecule has 0 amide bonds. The molecule has 0 aliphatic heterocycles. The monoisotopic (exact) mass is 298 g/mol. The van der Waals surface area contributed by atoms with Crippen LogP contribution < -0.4 is 0 Å². The van der Waals surface area contributed by atoms with Crippen molar-refractivity contribution in [2.24, 2.45) is 0 Å². The van der Waals surface area contributed by atoms with E-state index in [1.807, 2.05) is 0 Å². The van der Waals surface area contributed by atoms with Crippen molar-refractivity contribution in [2.45, 2.75) is 76.8 Å². The van der Waals surface area contributed by atoms with Gasteiger partial charge in [0.05, 0.1) is 0 Å². The zero-order chi connectivity index (χ0) is 12.8. The maximum Gasteiger partial charge on any atom is 0.153 e. The van der Waals surface area contributed by atoms with E-state index < -0.39 is 14.8 Å². The van der Waals surface area contributed by atoms with Crippen LogP contribution >= 0.6 is 22.2 Å². The molecule has 0 aromatic carbocycles. The molecule has 0 aliphatic rings. The van der Waals surface area contributed by atoms with E-state index in [-0.39, 0.29) is 0 Å². The lowest BCUT2D eigenvalue weighted by Crippen LogP contribution is -2.24. The van der Waals surface area contributed by atoms with Crippen LogP contribution in [-0.4, -0.2) is 14.8 Å². The highest BCUT2D eigenvalue weighted by Gasteiger charge is 2.27. The molecule has 0 spiro atoms. The molecule has 0 rings (SSSR count). The fraction of sp³-hybridized carbons (Fsp3) is 1.00. The van der Waals surface area contributed by atoms with Gasteiger partial charge in [-0.1, -0.05) is 65.2 Å². The van der Waals surface area contributed by atoms with E-state index >= 15 is 0 Å². The fourth-order valence-electron chi connectivity index (χ4n) is 2.15. The first kappa shape index (κ1) is 17.0. The first-order valence-corrected chi connectivity index (χ1v) is 14.9. The minimum Gasteiger partial charge on any atom is -0.168 e. The van der Waals surface area contributed by atoms with Gasteiger partial charge in [0, 0.05) is 0 Å². The lowest BCUT2D eigenvalue weighted by atomic mass is 10.1. The molecule has 0 N–H and O–H groups in total. The number of hydrogen-bond donors (Lipinski definition) is 0. The topological polar surface area (TPSA) is 0 Å². The average Bonchev–Trinajstić information content (AvgIpc) is 2.07. The second-order valence-electron chi connectivity index (χ2n) is 5.99. The Kier molecular flexibility index (Phi) is 7.92. The zero-order valence-corrected chi connectivity index (χ0v) is 15.1. The Morgan fingerprint density at radius 2 is 1.50 bits per heavy atom. The molecule has 0 radical (unpaired) electrons. The second-order valence-corrected chi connectivity index (χ2v) is 19.9. The largest absolute Gasteiger partial charge is 0.168 e. The fourth-order valence-corrected chi connectivity index (χ4v) is 6.29. The summed E-state index contributed by atoms with van der Waals surface area (Å²) < 4.78 is 0. The van der Waals surface area contributed by atoms with Gasteiger partial charge < -0.3 is 0 Å². The van der Waals surface area contributed by atoms with Crippen molar-refractivity contribution in [1.82, 2.24) is 0 Å². The van der Waals surface area contributed by atoms with Gasteiger partial charge in [0.15, 0.2) is 7.38 Å². The second kappa shape index (κ2) is 7.45. The first-order chi connectivity index (χ1) is 7.17. The van der Waals surface area contributed by atoms with Crippen molar-refractivity contribution in [3.05, 3.63) is 0 Å². The molecule has 16 heavy (non-hydrogen) atoms. The standard InChI is InChI=1S/C12H28Cl2Si2/c1-6-12(16(4,5)14)10-8-7-9-11-15(2,3)13/h12H,6-11H2,1-5H3. The Morgan fingerprint density at radius 1 is 0.938 bits per heavy atom. The van der Waals surface area contributed by atoms with E-state index in [4.69, 9.17) is 22.2 Å². The SMILES string of the molecule is CCC(CCCCC[Si](C)(C)Cl)[Si](C)(C)Cl. The van der Waals surface area contributed by atoms with Gasteiger partial charge in [-0.2, -0.15) is 22.2 Å². The van der Waals surface area contributed by atoms with Gasteiger partial charge in [-0.05, 0) is 11.6 Å². The van der Waals surface area contributed by atoms with E-state index in [0.717, 1.165) is 5.54 Å². The molecule has 1 unspecified atom stereocenters. The third kappa shape index (κ3) is 9.09. The van der Waals surface area contributed by atoms with Crippen LogP contribution in [0.1, 0.15) is 39.0 Å². The summed E-state index contributed by atoms with van der Waals surface area (Å²) in [4.78, 5) is 0. The molecule has 98 valence electrons.